The summed E-state index contributed by atoms with van der Waals surface area (Å²) >= 11 is 5.39. The Morgan fingerprint density at radius 1 is 1.00 bits per heavy atom. The molecular weight excluding hydrogens is 370 g/mol. The van der Waals surface area contributed by atoms with E-state index < -0.39 is 0 Å². The molecule has 0 aliphatic heterocycles. The highest BCUT2D eigenvalue weighted by Gasteiger charge is 2.54. The van der Waals surface area contributed by atoms with Crippen LogP contribution in [0, 0.1) is 23.2 Å². The van der Waals surface area contributed by atoms with E-state index in [1.54, 1.807) is 24.3 Å². The molecule has 0 aromatic heterocycles. The lowest BCUT2D eigenvalue weighted by Gasteiger charge is -2.55. The zero-order chi connectivity index (χ0) is 19.9. The Kier molecular flexibility index (Phi) is 5.17. The molecule has 5 nitrogen and oxygen atoms in total. The van der Waals surface area contributed by atoms with E-state index in [0.29, 0.717) is 10.7 Å². The third-order valence-corrected chi connectivity index (χ3v) is 6.78. The predicted octanol–water partition coefficient (Wildman–Crippen LogP) is 3.85. The van der Waals surface area contributed by atoms with Gasteiger partial charge in [0.2, 0.25) is 5.91 Å². The van der Waals surface area contributed by atoms with E-state index in [2.05, 4.69) is 16.0 Å². The van der Waals surface area contributed by atoms with Gasteiger partial charge < -0.3 is 16.0 Å². The van der Waals surface area contributed by atoms with Crippen molar-refractivity contribution in [2.45, 2.75) is 58.4 Å². The minimum absolute atomic E-state index is 0.0945. The molecule has 28 heavy (non-hydrogen) atoms. The van der Waals surface area contributed by atoms with Crippen LogP contribution in [0.25, 0.3) is 0 Å². The van der Waals surface area contributed by atoms with Gasteiger partial charge in [0.05, 0.1) is 5.41 Å². The fourth-order valence-corrected chi connectivity index (χ4v) is 6.05. The van der Waals surface area contributed by atoms with Gasteiger partial charge in [-0.1, -0.05) is 0 Å². The second kappa shape index (κ2) is 7.47. The number of benzene rings is 1. The first-order valence-corrected chi connectivity index (χ1v) is 10.8. The average Bonchev–Trinajstić information content (AvgIpc) is 2.60. The summed E-state index contributed by atoms with van der Waals surface area (Å²) in [5.41, 5.74) is 1.15. The largest absolute Gasteiger partial charge is 0.350 e. The highest BCUT2D eigenvalue weighted by molar-refractivity contribution is 7.80. The Hall–Kier alpha value is -1.95. The molecule has 6 heteroatoms. The first-order valence-electron chi connectivity index (χ1n) is 10.4. The molecule has 4 aliphatic rings. The minimum Gasteiger partial charge on any atom is -0.350 e. The number of nitrogens with one attached hydrogen (secondary N) is 3. The van der Waals surface area contributed by atoms with Crippen LogP contribution in [-0.2, 0) is 4.79 Å². The molecule has 0 heterocycles. The van der Waals surface area contributed by atoms with Crippen LogP contribution in [0.2, 0.25) is 0 Å². The van der Waals surface area contributed by atoms with Crippen LogP contribution in [0.5, 0.6) is 0 Å². The van der Waals surface area contributed by atoms with E-state index in [-0.39, 0.29) is 23.3 Å². The number of hydrogen-bond donors (Lipinski definition) is 3. The van der Waals surface area contributed by atoms with Crippen molar-refractivity contribution in [1.29, 1.82) is 0 Å². The Bertz CT molecular complexity index is 752. The Morgan fingerprint density at radius 3 is 2.04 bits per heavy atom. The highest BCUT2D eigenvalue weighted by Crippen LogP contribution is 2.60. The summed E-state index contributed by atoms with van der Waals surface area (Å²) in [4.78, 5) is 25.1. The molecule has 0 unspecified atom stereocenters. The third-order valence-electron chi connectivity index (χ3n) is 6.57. The Labute approximate surface area is 172 Å². The molecule has 1 aromatic carbocycles. The highest BCUT2D eigenvalue weighted by atomic mass is 32.1. The first-order chi connectivity index (χ1) is 13.3. The Balaban J connectivity index is 1.34. The van der Waals surface area contributed by atoms with Crippen LogP contribution in [0.3, 0.4) is 0 Å². The van der Waals surface area contributed by atoms with Gasteiger partial charge in [-0.2, -0.15) is 0 Å². The minimum atomic E-state index is -0.209. The van der Waals surface area contributed by atoms with Gasteiger partial charge in [-0.05, 0) is 107 Å². The van der Waals surface area contributed by atoms with Crippen LogP contribution in [-0.4, -0.2) is 23.0 Å². The fraction of sp³-hybridized carbons (Fsp3) is 0.591. The monoisotopic (exact) mass is 399 g/mol. The molecule has 4 saturated carbocycles. The van der Waals surface area contributed by atoms with Crippen molar-refractivity contribution in [3.05, 3.63) is 29.8 Å². The van der Waals surface area contributed by atoms with Crippen LogP contribution in [0.1, 0.15) is 62.7 Å². The molecule has 4 aliphatic carbocycles. The molecule has 3 N–H and O–H groups in total. The van der Waals surface area contributed by atoms with E-state index in [0.717, 1.165) is 42.7 Å². The smallest absolute Gasteiger partial charge is 0.251 e. The summed E-state index contributed by atoms with van der Waals surface area (Å²) in [7, 11) is 0. The van der Waals surface area contributed by atoms with Crippen LogP contribution in [0.15, 0.2) is 24.3 Å². The molecule has 4 fully saturated rings. The van der Waals surface area contributed by atoms with Gasteiger partial charge in [0.25, 0.3) is 5.91 Å². The summed E-state index contributed by atoms with van der Waals surface area (Å²) in [5.74, 6) is 2.17. The van der Waals surface area contributed by atoms with Gasteiger partial charge in [-0.15, -0.1) is 0 Å². The number of rotatable bonds is 4. The summed E-state index contributed by atoms with van der Waals surface area (Å²) in [5, 5.41) is 9.23. The van der Waals surface area contributed by atoms with Gasteiger partial charge in [0, 0.05) is 17.3 Å². The van der Waals surface area contributed by atoms with Crippen LogP contribution < -0.4 is 16.0 Å². The first kappa shape index (κ1) is 19.4. The molecule has 5 rings (SSSR count). The normalized spacial score (nSPS) is 30.2. The second-order valence-electron chi connectivity index (χ2n) is 9.31. The molecule has 0 radical (unpaired) electrons. The van der Waals surface area contributed by atoms with Crippen molar-refractivity contribution >= 4 is 34.8 Å². The lowest BCUT2D eigenvalue weighted by atomic mass is 9.49. The van der Waals surface area contributed by atoms with Crippen molar-refractivity contribution in [1.82, 2.24) is 10.6 Å². The maximum Gasteiger partial charge on any atom is 0.251 e. The quantitative estimate of drug-likeness (QED) is 0.673. The lowest BCUT2D eigenvalue weighted by Crippen LogP contribution is -2.55. The predicted molar refractivity (Wildman–Crippen MR) is 114 cm³/mol. The van der Waals surface area contributed by atoms with Crippen molar-refractivity contribution in [2.24, 2.45) is 23.2 Å². The standard InChI is InChI=1S/C22H29N3O2S/c1-13(2)23-19(26)17-3-5-18(6-4-17)24-21(28)25-20(27)22-10-14-7-15(11-22)9-16(8-14)12-22/h3-6,13-16H,7-12H2,1-2H3,(H,23,26)(H2,24,25,27,28). The molecule has 150 valence electrons. The molecule has 2 amide bonds. The number of carbonyl (C=O) groups excluding carboxylic acids is 2. The van der Waals surface area contributed by atoms with Crippen molar-refractivity contribution in [3.63, 3.8) is 0 Å². The van der Waals surface area contributed by atoms with E-state index in [1.165, 1.54) is 19.3 Å². The van der Waals surface area contributed by atoms with E-state index in [4.69, 9.17) is 12.2 Å². The van der Waals surface area contributed by atoms with Gasteiger partial charge in [-0.25, -0.2) is 0 Å². The summed E-state index contributed by atoms with van der Waals surface area (Å²) in [6.45, 7) is 3.86. The second-order valence-corrected chi connectivity index (χ2v) is 9.72. The van der Waals surface area contributed by atoms with E-state index in [1.807, 2.05) is 13.8 Å². The molecule has 0 saturated heterocycles. The summed E-state index contributed by atoms with van der Waals surface area (Å²) in [6.07, 6.45) is 7.00. The molecule has 0 spiro atoms. The molecular formula is C22H29N3O2S. The van der Waals surface area contributed by atoms with Crippen molar-refractivity contribution < 1.29 is 9.59 Å². The maximum absolute atomic E-state index is 13.1. The van der Waals surface area contributed by atoms with Gasteiger partial charge >= 0.3 is 0 Å². The summed E-state index contributed by atoms with van der Waals surface area (Å²) in [6, 6.07) is 7.21. The Morgan fingerprint density at radius 2 is 1.54 bits per heavy atom. The summed E-state index contributed by atoms with van der Waals surface area (Å²) < 4.78 is 0. The average molecular weight is 400 g/mol. The molecule has 1 aromatic rings. The van der Waals surface area contributed by atoms with Crippen molar-refractivity contribution in [3.8, 4) is 0 Å². The molecule has 0 atom stereocenters. The third kappa shape index (κ3) is 3.93. The van der Waals surface area contributed by atoms with Gasteiger partial charge in [0.1, 0.15) is 0 Å². The number of thiocarbonyl (C=S) groups is 1. The van der Waals surface area contributed by atoms with Gasteiger partial charge in [0.15, 0.2) is 5.11 Å². The van der Waals surface area contributed by atoms with Crippen molar-refractivity contribution in [2.75, 3.05) is 5.32 Å². The number of anilines is 1. The molecule has 4 bridgehead atoms. The van der Waals surface area contributed by atoms with E-state index in [9.17, 15) is 9.59 Å². The van der Waals surface area contributed by atoms with Crippen LogP contribution >= 0.6 is 12.2 Å². The number of amides is 2. The topological polar surface area (TPSA) is 70.2 Å². The van der Waals surface area contributed by atoms with Crippen LogP contribution in [0.4, 0.5) is 5.69 Å². The maximum atomic E-state index is 13.1. The zero-order valence-electron chi connectivity index (χ0n) is 16.6. The number of hydrogen-bond acceptors (Lipinski definition) is 3. The SMILES string of the molecule is CC(C)NC(=O)c1ccc(NC(=S)NC(=O)C23CC4CC(CC(C4)C2)C3)cc1. The zero-order valence-corrected chi connectivity index (χ0v) is 17.4. The lowest BCUT2D eigenvalue weighted by molar-refractivity contribution is -0.144. The number of carbonyl (C=O) groups is 2. The van der Waals surface area contributed by atoms with Gasteiger partial charge in [-0.3, -0.25) is 9.59 Å². The van der Waals surface area contributed by atoms with E-state index >= 15 is 0 Å². The fourth-order valence-electron chi connectivity index (χ4n) is 5.84.